The summed E-state index contributed by atoms with van der Waals surface area (Å²) in [5.74, 6) is 0.887. The second-order valence-electron chi connectivity index (χ2n) is 4.09. The zero-order chi connectivity index (χ0) is 13.1. The summed E-state index contributed by atoms with van der Waals surface area (Å²) in [5.41, 5.74) is 3.18. The molecule has 0 saturated carbocycles. The van der Waals surface area contributed by atoms with Crippen molar-refractivity contribution >= 4 is 21.6 Å². The first kappa shape index (κ1) is 12.0. The second-order valence-corrected chi connectivity index (χ2v) is 4.94. The predicted octanol–water partition coefficient (Wildman–Crippen LogP) is 4.04. The molecule has 0 fully saturated rings. The lowest BCUT2D eigenvalue weighted by Gasteiger charge is -2.05. The highest BCUT2D eigenvalue weighted by atomic mass is 79.9. The van der Waals surface area contributed by atoms with Gasteiger partial charge in [0.1, 0.15) is 5.76 Å². The van der Waals surface area contributed by atoms with Crippen LogP contribution < -0.4 is 5.32 Å². The van der Waals surface area contributed by atoms with E-state index in [1.54, 1.807) is 12.6 Å². The van der Waals surface area contributed by atoms with Crippen LogP contribution in [-0.4, -0.2) is 9.97 Å². The van der Waals surface area contributed by atoms with Gasteiger partial charge in [0.25, 0.3) is 0 Å². The van der Waals surface area contributed by atoms with Gasteiger partial charge in [-0.25, -0.2) is 4.98 Å². The Bertz CT molecular complexity index is 644. The molecule has 2 N–H and O–H groups in total. The number of hydrogen-bond donors (Lipinski definition) is 2. The fourth-order valence-electron chi connectivity index (χ4n) is 1.81. The van der Waals surface area contributed by atoms with Gasteiger partial charge in [0.15, 0.2) is 0 Å². The number of H-pyrrole nitrogens is 1. The van der Waals surface area contributed by atoms with Crippen molar-refractivity contribution in [2.45, 2.75) is 6.54 Å². The second kappa shape index (κ2) is 5.32. The van der Waals surface area contributed by atoms with Gasteiger partial charge in [0, 0.05) is 5.69 Å². The Labute approximate surface area is 119 Å². The topological polar surface area (TPSA) is 53.9 Å². The molecule has 1 aromatic carbocycles. The van der Waals surface area contributed by atoms with Crippen molar-refractivity contribution < 1.29 is 4.42 Å². The van der Waals surface area contributed by atoms with Gasteiger partial charge in [-0.05, 0) is 39.7 Å². The zero-order valence-electron chi connectivity index (χ0n) is 10.1. The monoisotopic (exact) mass is 317 g/mol. The molecular formula is C14H12BrN3O. The van der Waals surface area contributed by atoms with Gasteiger partial charge in [0.2, 0.25) is 0 Å². The number of rotatable bonds is 4. The molecular weight excluding hydrogens is 306 g/mol. The number of halogens is 1. The van der Waals surface area contributed by atoms with Gasteiger partial charge in [0.05, 0.1) is 35.5 Å². The molecule has 2 heterocycles. The molecule has 0 unspecified atom stereocenters. The van der Waals surface area contributed by atoms with Crippen molar-refractivity contribution in [3.05, 3.63) is 59.4 Å². The lowest BCUT2D eigenvalue weighted by molar-refractivity contribution is 0.516. The lowest BCUT2D eigenvalue weighted by Crippen LogP contribution is -1.98. The van der Waals surface area contributed by atoms with Crippen molar-refractivity contribution in [3.8, 4) is 11.3 Å². The largest absolute Gasteiger partial charge is 0.466 e. The molecule has 5 heteroatoms. The van der Waals surface area contributed by atoms with Crippen LogP contribution in [0.5, 0.6) is 0 Å². The van der Waals surface area contributed by atoms with Crippen LogP contribution in [0.3, 0.4) is 0 Å². The Morgan fingerprint density at radius 2 is 2.05 bits per heavy atom. The third kappa shape index (κ3) is 2.71. The van der Waals surface area contributed by atoms with Gasteiger partial charge >= 0.3 is 0 Å². The minimum absolute atomic E-state index is 0.650. The van der Waals surface area contributed by atoms with Crippen molar-refractivity contribution in [1.82, 2.24) is 9.97 Å². The summed E-state index contributed by atoms with van der Waals surface area (Å²) in [4.78, 5) is 7.09. The maximum absolute atomic E-state index is 5.35. The maximum atomic E-state index is 5.35. The van der Waals surface area contributed by atoms with Crippen LogP contribution in [0.25, 0.3) is 11.3 Å². The van der Waals surface area contributed by atoms with Crippen molar-refractivity contribution in [1.29, 1.82) is 0 Å². The molecule has 0 radical (unpaired) electrons. The molecule has 0 aliphatic carbocycles. The standard InChI is InChI=1S/C14H12BrN3O/c15-12-5-6-19-14(12)8-17-11-3-1-10(2-4-11)13-7-16-9-18-13/h1-7,9,17H,8H2,(H,16,18). The minimum atomic E-state index is 0.650. The molecule has 19 heavy (non-hydrogen) atoms. The lowest BCUT2D eigenvalue weighted by atomic mass is 10.1. The smallest absolute Gasteiger partial charge is 0.136 e. The number of hydrogen-bond acceptors (Lipinski definition) is 3. The number of nitrogens with one attached hydrogen (secondary N) is 2. The van der Waals surface area contributed by atoms with Crippen LogP contribution in [0.15, 0.2) is 58.0 Å². The summed E-state index contributed by atoms with van der Waals surface area (Å²) in [6.07, 6.45) is 5.15. The van der Waals surface area contributed by atoms with Gasteiger partial charge in [-0.3, -0.25) is 0 Å². The summed E-state index contributed by atoms with van der Waals surface area (Å²) >= 11 is 3.43. The molecule has 0 aliphatic heterocycles. The zero-order valence-corrected chi connectivity index (χ0v) is 11.6. The van der Waals surface area contributed by atoms with Crippen LogP contribution in [0, 0.1) is 0 Å². The summed E-state index contributed by atoms with van der Waals surface area (Å²) in [6, 6.07) is 10.1. The predicted molar refractivity (Wildman–Crippen MR) is 77.8 cm³/mol. The summed E-state index contributed by atoms with van der Waals surface area (Å²) in [5, 5.41) is 3.31. The normalized spacial score (nSPS) is 10.6. The number of aromatic nitrogens is 2. The fraction of sp³-hybridized carbons (Fsp3) is 0.0714. The Balaban J connectivity index is 1.68. The van der Waals surface area contributed by atoms with Crippen molar-refractivity contribution in [2.24, 2.45) is 0 Å². The third-order valence-corrected chi connectivity index (χ3v) is 3.54. The Morgan fingerprint density at radius 3 is 2.68 bits per heavy atom. The third-order valence-electron chi connectivity index (χ3n) is 2.84. The first-order chi connectivity index (χ1) is 9.33. The molecule has 0 bridgehead atoms. The van der Waals surface area contributed by atoms with Gasteiger partial charge in [-0.15, -0.1) is 0 Å². The molecule has 2 aromatic heterocycles. The molecule has 3 aromatic rings. The van der Waals surface area contributed by atoms with Gasteiger partial charge in [-0.1, -0.05) is 12.1 Å². The highest BCUT2D eigenvalue weighted by molar-refractivity contribution is 9.10. The SMILES string of the molecule is Brc1ccoc1CNc1ccc(-c2cnc[nH]2)cc1. The number of aromatic amines is 1. The number of furan rings is 1. The fourth-order valence-corrected chi connectivity index (χ4v) is 2.16. The van der Waals surface area contributed by atoms with E-state index >= 15 is 0 Å². The molecule has 0 spiro atoms. The maximum Gasteiger partial charge on any atom is 0.136 e. The first-order valence-electron chi connectivity index (χ1n) is 5.87. The molecule has 4 nitrogen and oxygen atoms in total. The number of nitrogens with zero attached hydrogens (tertiary/aromatic N) is 1. The van der Waals surface area contributed by atoms with E-state index < -0.39 is 0 Å². The van der Waals surface area contributed by atoms with E-state index in [1.807, 2.05) is 36.5 Å². The van der Waals surface area contributed by atoms with Crippen LogP contribution in [0.4, 0.5) is 5.69 Å². The van der Waals surface area contributed by atoms with Crippen LogP contribution in [0.2, 0.25) is 0 Å². The van der Waals surface area contributed by atoms with E-state index in [2.05, 4.69) is 31.2 Å². The van der Waals surface area contributed by atoms with E-state index in [1.165, 1.54) is 0 Å². The molecule has 0 atom stereocenters. The Hall–Kier alpha value is -2.01. The van der Waals surface area contributed by atoms with E-state index in [0.29, 0.717) is 6.54 Å². The number of anilines is 1. The number of imidazole rings is 1. The molecule has 0 amide bonds. The van der Waals surface area contributed by atoms with Crippen molar-refractivity contribution in [2.75, 3.05) is 5.32 Å². The van der Waals surface area contributed by atoms with E-state index in [-0.39, 0.29) is 0 Å². The summed E-state index contributed by atoms with van der Waals surface area (Å²) < 4.78 is 6.33. The van der Waals surface area contributed by atoms with Crippen LogP contribution >= 0.6 is 15.9 Å². The first-order valence-corrected chi connectivity index (χ1v) is 6.67. The minimum Gasteiger partial charge on any atom is -0.466 e. The van der Waals surface area contributed by atoms with Gasteiger partial charge < -0.3 is 14.7 Å². The molecule has 96 valence electrons. The average Bonchev–Trinajstić information content (AvgIpc) is 3.09. The quantitative estimate of drug-likeness (QED) is 0.763. The summed E-state index contributed by atoms with van der Waals surface area (Å²) in [6.45, 7) is 0.650. The van der Waals surface area contributed by atoms with Gasteiger partial charge in [-0.2, -0.15) is 0 Å². The number of benzene rings is 1. The Morgan fingerprint density at radius 1 is 1.21 bits per heavy atom. The average molecular weight is 318 g/mol. The van der Waals surface area contributed by atoms with E-state index in [0.717, 1.165) is 27.2 Å². The Kier molecular flexibility index (Phi) is 3.37. The van der Waals surface area contributed by atoms with Crippen molar-refractivity contribution in [3.63, 3.8) is 0 Å². The highest BCUT2D eigenvalue weighted by Gasteiger charge is 2.03. The highest BCUT2D eigenvalue weighted by Crippen LogP contribution is 2.21. The molecule has 3 rings (SSSR count). The molecule has 0 saturated heterocycles. The van der Waals surface area contributed by atoms with E-state index in [9.17, 15) is 0 Å². The summed E-state index contributed by atoms with van der Waals surface area (Å²) in [7, 11) is 0. The van der Waals surface area contributed by atoms with E-state index in [4.69, 9.17) is 4.42 Å². The van der Waals surface area contributed by atoms with Crippen LogP contribution in [0.1, 0.15) is 5.76 Å². The van der Waals surface area contributed by atoms with Crippen LogP contribution in [-0.2, 0) is 6.54 Å². The molecule has 0 aliphatic rings.